The number of nitrogens with zero attached hydrogens (tertiary/aromatic N) is 4. The summed E-state index contributed by atoms with van der Waals surface area (Å²) < 4.78 is 47.5. The van der Waals surface area contributed by atoms with Crippen LogP contribution < -0.4 is 16.0 Å². The van der Waals surface area contributed by atoms with Crippen molar-refractivity contribution < 1.29 is 17.9 Å². The van der Waals surface area contributed by atoms with Gasteiger partial charge in [0.05, 0.1) is 10.9 Å². The summed E-state index contributed by atoms with van der Waals surface area (Å²) in [4.78, 5) is 27.6. The zero-order chi connectivity index (χ0) is 21.5. The largest absolute Gasteiger partial charge is 0.458 e. The molecule has 30 heavy (non-hydrogen) atoms. The molecule has 0 aliphatic heterocycles. The zero-order valence-electron chi connectivity index (χ0n) is 15.3. The molecule has 4 rings (SSSR count). The minimum absolute atomic E-state index is 0.0192. The van der Waals surface area contributed by atoms with Crippen molar-refractivity contribution >= 4 is 11.0 Å². The van der Waals surface area contributed by atoms with Gasteiger partial charge in [-0.1, -0.05) is 30.3 Å². The molecule has 0 radical (unpaired) electrons. The number of alkyl halides is 3. The molecule has 0 saturated heterocycles. The van der Waals surface area contributed by atoms with E-state index < -0.39 is 23.5 Å². The van der Waals surface area contributed by atoms with Crippen molar-refractivity contribution in [3.8, 4) is 17.1 Å². The van der Waals surface area contributed by atoms with Gasteiger partial charge in [-0.2, -0.15) is 13.2 Å². The summed E-state index contributed by atoms with van der Waals surface area (Å²) in [5, 5.41) is 11.9. The molecule has 3 heterocycles. The first kappa shape index (κ1) is 19.4. The van der Waals surface area contributed by atoms with Crippen LogP contribution in [0.3, 0.4) is 0 Å². The van der Waals surface area contributed by atoms with Crippen molar-refractivity contribution in [2.75, 3.05) is 0 Å². The van der Waals surface area contributed by atoms with Crippen molar-refractivity contribution in [1.82, 2.24) is 29.9 Å². The predicted octanol–water partition coefficient (Wildman–Crippen LogP) is 2.09. The van der Waals surface area contributed by atoms with Crippen LogP contribution in [0.15, 0.2) is 52.2 Å². The second-order valence-corrected chi connectivity index (χ2v) is 6.33. The molecule has 0 fully saturated rings. The van der Waals surface area contributed by atoms with E-state index in [0.717, 1.165) is 6.20 Å². The van der Waals surface area contributed by atoms with Crippen LogP contribution in [0.25, 0.3) is 22.3 Å². The topological polar surface area (TPSA) is 119 Å². The van der Waals surface area contributed by atoms with Crippen molar-refractivity contribution in [3.63, 3.8) is 0 Å². The Labute approximate surface area is 165 Å². The Kier molecular flexibility index (Phi) is 4.60. The lowest BCUT2D eigenvalue weighted by Crippen LogP contribution is -2.26. The molecule has 154 valence electrons. The van der Waals surface area contributed by atoms with Crippen LogP contribution in [0.4, 0.5) is 13.2 Å². The van der Waals surface area contributed by atoms with Gasteiger partial charge in [0, 0.05) is 18.8 Å². The molecular weight excluding hydrogens is 405 g/mol. The highest BCUT2D eigenvalue weighted by atomic mass is 19.4. The Morgan fingerprint density at radius 1 is 1.13 bits per heavy atom. The molecule has 0 saturated carbocycles. The number of fused-ring (bicyclic) bond motifs is 1. The van der Waals surface area contributed by atoms with Crippen molar-refractivity contribution in [2.24, 2.45) is 7.05 Å². The highest BCUT2D eigenvalue weighted by Gasteiger charge is 2.43. The standard InChI is InChI=1S/C18H13F3N6O3/c1-27-14-10(7-12(24-25-14)11-8-22-17(29)23-15(11)28)16(26-27)30-13(18(19,20)21)9-5-3-2-4-6-9/h2-8,13H,1H3,(H2,22,23,28,29)/t13-/m1/s1. The van der Waals surface area contributed by atoms with Crippen LogP contribution in [0.2, 0.25) is 0 Å². The number of aromatic nitrogens is 6. The Bertz CT molecular complexity index is 1330. The van der Waals surface area contributed by atoms with Gasteiger partial charge in [-0.3, -0.25) is 9.78 Å². The summed E-state index contributed by atoms with van der Waals surface area (Å²) in [5.41, 5.74) is -1.36. The number of rotatable bonds is 4. The van der Waals surface area contributed by atoms with E-state index in [-0.39, 0.29) is 33.7 Å². The molecule has 1 aromatic carbocycles. The molecule has 0 aliphatic carbocycles. The zero-order valence-corrected chi connectivity index (χ0v) is 15.3. The summed E-state index contributed by atoms with van der Waals surface area (Å²) in [5.74, 6) is -0.323. The van der Waals surface area contributed by atoms with Crippen LogP contribution in [-0.4, -0.2) is 36.1 Å². The first-order valence-corrected chi connectivity index (χ1v) is 8.55. The van der Waals surface area contributed by atoms with Gasteiger partial charge in [0.25, 0.3) is 5.56 Å². The number of hydrogen-bond acceptors (Lipinski definition) is 6. The molecule has 0 amide bonds. The van der Waals surface area contributed by atoms with Crippen LogP contribution in [-0.2, 0) is 7.05 Å². The molecule has 1 atom stereocenters. The van der Waals surface area contributed by atoms with Gasteiger partial charge in [-0.05, 0) is 6.07 Å². The normalized spacial score (nSPS) is 12.8. The second kappa shape index (κ2) is 7.13. The Morgan fingerprint density at radius 3 is 2.53 bits per heavy atom. The molecular formula is C18H13F3N6O3. The van der Waals surface area contributed by atoms with Crippen molar-refractivity contribution in [1.29, 1.82) is 0 Å². The van der Waals surface area contributed by atoms with Crippen LogP contribution in [0.1, 0.15) is 11.7 Å². The highest BCUT2D eigenvalue weighted by Crippen LogP contribution is 2.38. The third-order valence-electron chi connectivity index (χ3n) is 4.28. The van der Waals surface area contributed by atoms with E-state index in [4.69, 9.17) is 4.74 Å². The molecule has 12 heteroatoms. The molecule has 9 nitrogen and oxygen atoms in total. The summed E-state index contributed by atoms with van der Waals surface area (Å²) in [7, 11) is 1.47. The Morgan fingerprint density at radius 2 is 1.87 bits per heavy atom. The van der Waals surface area contributed by atoms with Gasteiger partial charge < -0.3 is 9.72 Å². The SMILES string of the molecule is Cn1nc(O[C@H](c2ccccc2)C(F)(F)F)c2cc(-c3c[nH]c(=O)[nH]c3=O)nnc21. The van der Waals surface area contributed by atoms with Crippen LogP contribution in [0, 0.1) is 0 Å². The predicted molar refractivity (Wildman–Crippen MR) is 98.8 cm³/mol. The molecule has 0 bridgehead atoms. The fourth-order valence-corrected chi connectivity index (χ4v) is 2.90. The number of hydrogen-bond donors (Lipinski definition) is 2. The van der Waals surface area contributed by atoms with Crippen molar-refractivity contribution in [2.45, 2.75) is 12.3 Å². The number of benzene rings is 1. The lowest BCUT2D eigenvalue weighted by Gasteiger charge is -2.21. The summed E-state index contributed by atoms with van der Waals surface area (Å²) in [6, 6.07) is 8.46. The second-order valence-electron chi connectivity index (χ2n) is 6.33. The lowest BCUT2D eigenvalue weighted by atomic mass is 10.1. The van der Waals surface area contributed by atoms with Crippen LogP contribution in [0.5, 0.6) is 5.88 Å². The van der Waals surface area contributed by atoms with E-state index in [9.17, 15) is 22.8 Å². The lowest BCUT2D eigenvalue weighted by molar-refractivity contribution is -0.198. The summed E-state index contributed by atoms with van der Waals surface area (Å²) in [6.45, 7) is 0. The minimum atomic E-state index is -4.70. The number of H-pyrrole nitrogens is 2. The maximum Gasteiger partial charge on any atom is 0.429 e. The van der Waals surface area contributed by atoms with Gasteiger partial charge in [0.2, 0.25) is 12.0 Å². The third-order valence-corrected chi connectivity index (χ3v) is 4.28. The number of ether oxygens (including phenoxy) is 1. The van der Waals surface area contributed by atoms with Gasteiger partial charge >= 0.3 is 11.9 Å². The molecule has 0 aliphatic rings. The third kappa shape index (κ3) is 3.54. The van der Waals surface area contributed by atoms with E-state index in [0.29, 0.717) is 0 Å². The average Bonchev–Trinajstić information content (AvgIpc) is 3.01. The van der Waals surface area contributed by atoms with E-state index in [1.54, 1.807) is 6.07 Å². The molecule has 2 N–H and O–H groups in total. The first-order valence-electron chi connectivity index (χ1n) is 8.55. The Hall–Kier alpha value is -3.96. The fraction of sp³-hybridized carbons (Fsp3) is 0.167. The fourth-order valence-electron chi connectivity index (χ4n) is 2.90. The number of aromatic amines is 2. The minimum Gasteiger partial charge on any atom is -0.458 e. The van der Waals surface area contributed by atoms with Gasteiger partial charge in [-0.25, -0.2) is 9.48 Å². The van der Waals surface area contributed by atoms with E-state index >= 15 is 0 Å². The average molecular weight is 418 g/mol. The smallest absolute Gasteiger partial charge is 0.429 e. The molecule has 4 aromatic rings. The number of nitrogens with one attached hydrogen (secondary N) is 2. The molecule has 0 unspecified atom stereocenters. The first-order chi connectivity index (χ1) is 14.2. The summed E-state index contributed by atoms with van der Waals surface area (Å²) in [6.07, 6.45) is -5.83. The quantitative estimate of drug-likeness (QED) is 0.524. The summed E-state index contributed by atoms with van der Waals surface area (Å²) >= 11 is 0. The van der Waals surface area contributed by atoms with Gasteiger partial charge in [-0.15, -0.1) is 15.3 Å². The van der Waals surface area contributed by atoms with Gasteiger partial charge in [0.15, 0.2) is 5.65 Å². The van der Waals surface area contributed by atoms with Gasteiger partial charge in [0.1, 0.15) is 5.69 Å². The molecule has 0 spiro atoms. The monoisotopic (exact) mass is 418 g/mol. The van der Waals surface area contributed by atoms with E-state index in [1.807, 2.05) is 4.98 Å². The molecule has 3 aromatic heterocycles. The maximum absolute atomic E-state index is 13.7. The van der Waals surface area contributed by atoms with E-state index in [1.165, 1.54) is 42.1 Å². The Balaban J connectivity index is 1.82. The van der Waals surface area contributed by atoms with E-state index in [2.05, 4.69) is 20.3 Å². The van der Waals surface area contributed by atoms with Crippen molar-refractivity contribution in [3.05, 3.63) is 69.0 Å². The van der Waals surface area contributed by atoms with Crippen LogP contribution >= 0.6 is 0 Å². The maximum atomic E-state index is 13.7. The highest BCUT2D eigenvalue weighted by molar-refractivity contribution is 5.84. The number of halogens is 3. The number of aryl methyl sites for hydroxylation is 1.